The first-order chi connectivity index (χ1) is 11.2. The van der Waals surface area contributed by atoms with Gasteiger partial charge >= 0.3 is 0 Å². The van der Waals surface area contributed by atoms with E-state index in [1.165, 1.54) is 0 Å². The van der Waals surface area contributed by atoms with Gasteiger partial charge in [0.15, 0.2) is 5.78 Å². The molecule has 5 nitrogen and oxygen atoms in total. The topological polar surface area (TPSA) is 63.5 Å². The van der Waals surface area contributed by atoms with Gasteiger partial charge in [0, 0.05) is 30.8 Å². The van der Waals surface area contributed by atoms with Crippen molar-refractivity contribution in [1.29, 1.82) is 0 Å². The van der Waals surface area contributed by atoms with Crippen LogP contribution in [0.3, 0.4) is 0 Å². The number of nitrogens with one attached hydrogen (secondary N) is 1. The summed E-state index contributed by atoms with van der Waals surface area (Å²) in [5.41, 5.74) is 2.27. The van der Waals surface area contributed by atoms with E-state index in [2.05, 4.69) is 10.3 Å². The molecule has 0 aliphatic rings. The maximum atomic E-state index is 11.9. The molecule has 0 bridgehead atoms. The highest BCUT2D eigenvalue weighted by atomic mass is 16.2. The Bertz CT molecular complexity index is 791. The summed E-state index contributed by atoms with van der Waals surface area (Å²) in [4.78, 5) is 28.2. The lowest BCUT2D eigenvalue weighted by molar-refractivity contribution is -0.121. The average molecular weight is 307 g/mol. The van der Waals surface area contributed by atoms with Crippen LogP contribution in [-0.2, 0) is 11.3 Å². The third-order valence-corrected chi connectivity index (χ3v) is 3.56. The van der Waals surface area contributed by atoms with Gasteiger partial charge in [0.2, 0.25) is 5.91 Å². The van der Waals surface area contributed by atoms with Crippen molar-refractivity contribution in [2.24, 2.45) is 0 Å². The van der Waals surface area contributed by atoms with Gasteiger partial charge in [0.1, 0.15) is 5.65 Å². The largest absolute Gasteiger partial charge is 0.350 e. The van der Waals surface area contributed by atoms with Crippen molar-refractivity contribution in [3.63, 3.8) is 0 Å². The van der Waals surface area contributed by atoms with Crippen LogP contribution in [0.5, 0.6) is 0 Å². The summed E-state index contributed by atoms with van der Waals surface area (Å²) in [6, 6.07) is 14.8. The van der Waals surface area contributed by atoms with Gasteiger partial charge in [-0.3, -0.25) is 9.59 Å². The first-order valence-corrected chi connectivity index (χ1v) is 7.50. The normalized spacial score (nSPS) is 10.6. The third kappa shape index (κ3) is 3.83. The molecule has 2 heterocycles. The smallest absolute Gasteiger partial charge is 0.220 e. The van der Waals surface area contributed by atoms with E-state index >= 15 is 0 Å². The number of imidazole rings is 1. The van der Waals surface area contributed by atoms with Crippen LogP contribution in [0, 0.1) is 0 Å². The first-order valence-electron chi connectivity index (χ1n) is 7.50. The highest BCUT2D eigenvalue weighted by molar-refractivity contribution is 5.97. The number of carbonyl (C=O) groups excluding carboxylic acids is 2. The fourth-order valence-electron chi connectivity index (χ4n) is 2.35. The second-order valence-corrected chi connectivity index (χ2v) is 5.26. The highest BCUT2D eigenvalue weighted by Gasteiger charge is 2.09. The number of amides is 1. The number of aromatic nitrogens is 2. The molecule has 0 aliphatic heterocycles. The molecule has 116 valence electrons. The molecule has 0 saturated heterocycles. The molecular weight excluding hydrogens is 290 g/mol. The van der Waals surface area contributed by atoms with Gasteiger partial charge in [-0.15, -0.1) is 0 Å². The van der Waals surface area contributed by atoms with Gasteiger partial charge in [-0.05, 0) is 12.1 Å². The highest BCUT2D eigenvalue weighted by Crippen LogP contribution is 2.06. The van der Waals surface area contributed by atoms with Gasteiger partial charge in [0.05, 0.1) is 12.2 Å². The van der Waals surface area contributed by atoms with Crippen molar-refractivity contribution >= 4 is 17.3 Å². The number of hydrogen-bond acceptors (Lipinski definition) is 3. The quantitative estimate of drug-likeness (QED) is 0.712. The molecule has 3 aromatic rings. The number of carbonyl (C=O) groups is 2. The predicted octanol–water partition coefficient (Wildman–Crippen LogP) is 2.61. The van der Waals surface area contributed by atoms with Gasteiger partial charge in [-0.25, -0.2) is 4.98 Å². The molecule has 23 heavy (non-hydrogen) atoms. The van der Waals surface area contributed by atoms with Crippen LogP contribution >= 0.6 is 0 Å². The summed E-state index contributed by atoms with van der Waals surface area (Å²) < 4.78 is 1.90. The third-order valence-electron chi connectivity index (χ3n) is 3.56. The van der Waals surface area contributed by atoms with E-state index in [-0.39, 0.29) is 24.5 Å². The Morgan fingerprint density at radius 3 is 2.57 bits per heavy atom. The number of nitrogens with zero attached hydrogens (tertiary/aromatic N) is 2. The zero-order valence-corrected chi connectivity index (χ0v) is 12.6. The Morgan fingerprint density at radius 2 is 1.78 bits per heavy atom. The minimum Gasteiger partial charge on any atom is -0.350 e. The van der Waals surface area contributed by atoms with Crippen molar-refractivity contribution in [2.75, 3.05) is 0 Å². The minimum absolute atomic E-state index is 0.0199. The van der Waals surface area contributed by atoms with Crippen LogP contribution in [0.4, 0.5) is 0 Å². The molecule has 0 aliphatic carbocycles. The number of ketones is 1. The molecule has 0 atom stereocenters. The maximum Gasteiger partial charge on any atom is 0.220 e. The fourth-order valence-corrected chi connectivity index (χ4v) is 2.35. The second-order valence-electron chi connectivity index (χ2n) is 5.26. The van der Waals surface area contributed by atoms with Crippen molar-refractivity contribution in [3.05, 3.63) is 72.2 Å². The van der Waals surface area contributed by atoms with E-state index in [4.69, 9.17) is 0 Å². The summed E-state index contributed by atoms with van der Waals surface area (Å²) in [6.45, 7) is 0.361. The Morgan fingerprint density at radius 1 is 1.00 bits per heavy atom. The van der Waals surface area contributed by atoms with Gasteiger partial charge in [-0.2, -0.15) is 0 Å². The predicted molar refractivity (Wildman–Crippen MR) is 87.0 cm³/mol. The minimum atomic E-state index is -0.147. The number of Topliss-reactive ketones (excluding diaryl/α,β-unsaturated/α-hetero) is 1. The number of rotatable bonds is 6. The summed E-state index contributed by atoms with van der Waals surface area (Å²) in [5, 5.41) is 2.80. The van der Waals surface area contributed by atoms with E-state index in [1.807, 2.05) is 53.2 Å². The molecule has 2 aromatic heterocycles. The van der Waals surface area contributed by atoms with E-state index in [1.54, 1.807) is 12.1 Å². The van der Waals surface area contributed by atoms with Crippen LogP contribution in [0.25, 0.3) is 5.65 Å². The molecule has 0 fully saturated rings. The van der Waals surface area contributed by atoms with Crippen LogP contribution in [-0.4, -0.2) is 21.1 Å². The van der Waals surface area contributed by atoms with Crippen molar-refractivity contribution in [2.45, 2.75) is 19.4 Å². The lowest BCUT2D eigenvalue weighted by atomic mass is 10.1. The molecular formula is C18H17N3O2. The van der Waals surface area contributed by atoms with E-state index < -0.39 is 0 Å². The van der Waals surface area contributed by atoms with E-state index in [0.29, 0.717) is 12.1 Å². The molecule has 1 amide bonds. The van der Waals surface area contributed by atoms with E-state index in [9.17, 15) is 9.59 Å². The lowest BCUT2D eigenvalue weighted by Gasteiger charge is -2.03. The zero-order chi connectivity index (χ0) is 16.1. The summed E-state index contributed by atoms with van der Waals surface area (Å²) >= 11 is 0. The van der Waals surface area contributed by atoms with Crippen molar-refractivity contribution < 1.29 is 9.59 Å². The first kappa shape index (κ1) is 15.0. The van der Waals surface area contributed by atoms with E-state index in [0.717, 1.165) is 11.3 Å². The number of hydrogen-bond donors (Lipinski definition) is 1. The SMILES string of the molecule is O=C(CCC(=O)c1ccccc1)NCc1cn2ccccc2n1. The average Bonchev–Trinajstić information content (AvgIpc) is 3.01. The summed E-state index contributed by atoms with van der Waals surface area (Å²) in [5.74, 6) is -0.167. The van der Waals surface area contributed by atoms with Crippen LogP contribution in [0.15, 0.2) is 60.9 Å². The molecule has 1 aromatic carbocycles. The van der Waals surface area contributed by atoms with Crippen LogP contribution in [0.1, 0.15) is 28.9 Å². The molecule has 1 N–H and O–H groups in total. The fraction of sp³-hybridized carbons (Fsp3) is 0.167. The van der Waals surface area contributed by atoms with Gasteiger partial charge in [0.25, 0.3) is 0 Å². The molecule has 0 radical (unpaired) electrons. The summed E-state index contributed by atoms with van der Waals surface area (Å²) in [7, 11) is 0. The number of fused-ring (bicyclic) bond motifs is 1. The van der Waals surface area contributed by atoms with Crippen molar-refractivity contribution in [1.82, 2.24) is 14.7 Å². The number of pyridine rings is 1. The Labute approximate surface area is 134 Å². The maximum absolute atomic E-state index is 11.9. The van der Waals surface area contributed by atoms with Gasteiger partial charge < -0.3 is 9.72 Å². The van der Waals surface area contributed by atoms with Crippen molar-refractivity contribution in [3.8, 4) is 0 Å². The Balaban J connectivity index is 1.49. The Kier molecular flexibility index (Phi) is 4.47. The second kappa shape index (κ2) is 6.87. The molecule has 0 saturated carbocycles. The van der Waals surface area contributed by atoms with Gasteiger partial charge in [-0.1, -0.05) is 36.4 Å². The lowest BCUT2D eigenvalue weighted by Crippen LogP contribution is -2.23. The molecule has 0 unspecified atom stereocenters. The van der Waals surface area contributed by atoms with Crippen LogP contribution in [0.2, 0.25) is 0 Å². The Hall–Kier alpha value is -2.95. The molecule has 3 rings (SSSR count). The van der Waals surface area contributed by atoms with Crippen LogP contribution < -0.4 is 5.32 Å². The molecule has 5 heteroatoms. The monoisotopic (exact) mass is 307 g/mol. The summed E-state index contributed by atoms with van der Waals surface area (Å²) in [6.07, 6.45) is 4.18. The standard InChI is InChI=1S/C18H17N3O2/c22-16(14-6-2-1-3-7-14)9-10-18(23)19-12-15-13-21-11-5-4-8-17(21)20-15/h1-8,11,13H,9-10,12H2,(H,19,23). The zero-order valence-electron chi connectivity index (χ0n) is 12.6. The molecule has 0 spiro atoms. The number of benzene rings is 1.